The molecule has 27 heavy (non-hydrogen) atoms. The van der Waals surface area contributed by atoms with Crippen LogP contribution in [0.15, 0.2) is 24.3 Å². The van der Waals surface area contributed by atoms with Gasteiger partial charge in [0, 0.05) is 25.2 Å². The zero-order chi connectivity index (χ0) is 20.1. The van der Waals surface area contributed by atoms with E-state index < -0.39 is 17.7 Å². The summed E-state index contributed by atoms with van der Waals surface area (Å²) >= 11 is 6.37. The standard InChI is InChI=1S/C20H24ClF2N3O/c1-5-6-11-26-20(21)16(13(2)24-26)8-10-19(27)25(4)14(3)15-7-9-17(22)18(23)12-15/h7-10,12,14H,5-6,11H2,1-4H3/b10-8+. The predicted octanol–water partition coefficient (Wildman–Crippen LogP) is 5.16. The van der Waals surface area contributed by atoms with Crippen molar-refractivity contribution in [1.82, 2.24) is 14.7 Å². The van der Waals surface area contributed by atoms with E-state index in [1.54, 1.807) is 24.7 Å². The van der Waals surface area contributed by atoms with Crippen LogP contribution in [-0.2, 0) is 11.3 Å². The summed E-state index contributed by atoms with van der Waals surface area (Å²) in [5.74, 6) is -2.12. The number of aryl methyl sites for hydroxylation is 2. The van der Waals surface area contributed by atoms with Crippen molar-refractivity contribution in [1.29, 1.82) is 0 Å². The van der Waals surface area contributed by atoms with Crippen molar-refractivity contribution in [2.75, 3.05) is 7.05 Å². The van der Waals surface area contributed by atoms with Gasteiger partial charge in [0.2, 0.25) is 5.91 Å². The highest BCUT2D eigenvalue weighted by Gasteiger charge is 2.18. The molecule has 1 aromatic carbocycles. The van der Waals surface area contributed by atoms with Crippen LogP contribution >= 0.6 is 11.6 Å². The van der Waals surface area contributed by atoms with E-state index in [0.717, 1.165) is 37.2 Å². The van der Waals surface area contributed by atoms with Gasteiger partial charge in [-0.05, 0) is 44.0 Å². The van der Waals surface area contributed by atoms with Crippen molar-refractivity contribution >= 4 is 23.6 Å². The van der Waals surface area contributed by atoms with E-state index in [9.17, 15) is 13.6 Å². The highest BCUT2D eigenvalue weighted by molar-refractivity contribution is 6.31. The molecule has 1 atom stereocenters. The molecule has 0 aliphatic carbocycles. The normalized spacial score (nSPS) is 12.6. The topological polar surface area (TPSA) is 38.1 Å². The second-order valence-electron chi connectivity index (χ2n) is 6.50. The molecule has 0 N–H and O–H groups in total. The lowest BCUT2D eigenvalue weighted by atomic mass is 10.1. The SMILES string of the molecule is CCCCn1nc(C)c(/C=C/C(=O)N(C)C(C)c2ccc(F)c(F)c2)c1Cl. The van der Waals surface area contributed by atoms with Crippen LogP contribution in [0.3, 0.4) is 0 Å². The zero-order valence-electron chi connectivity index (χ0n) is 16.0. The van der Waals surface area contributed by atoms with Gasteiger partial charge in [0.1, 0.15) is 5.15 Å². The van der Waals surface area contributed by atoms with E-state index >= 15 is 0 Å². The van der Waals surface area contributed by atoms with Gasteiger partial charge in [-0.25, -0.2) is 8.78 Å². The fraction of sp³-hybridized carbons (Fsp3) is 0.400. The number of halogens is 3. The first kappa shape index (κ1) is 21.1. The Morgan fingerprint density at radius 2 is 2.07 bits per heavy atom. The van der Waals surface area contributed by atoms with Crippen LogP contribution < -0.4 is 0 Å². The molecular formula is C20H24ClF2N3O. The second-order valence-corrected chi connectivity index (χ2v) is 6.86. The largest absolute Gasteiger partial charge is 0.335 e. The van der Waals surface area contributed by atoms with Crippen LogP contribution in [0.2, 0.25) is 5.15 Å². The van der Waals surface area contributed by atoms with Crippen molar-refractivity contribution in [2.45, 2.75) is 46.2 Å². The molecule has 0 bridgehead atoms. The molecule has 7 heteroatoms. The van der Waals surface area contributed by atoms with E-state index in [-0.39, 0.29) is 5.91 Å². The lowest BCUT2D eigenvalue weighted by Gasteiger charge is -2.24. The van der Waals surface area contributed by atoms with Crippen molar-refractivity contribution in [2.24, 2.45) is 0 Å². The molecule has 0 spiro atoms. The number of aromatic nitrogens is 2. The number of rotatable bonds is 7. The quantitative estimate of drug-likeness (QED) is 0.607. The van der Waals surface area contributed by atoms with Gasteiger partial charge in [0.15, 0.2) is 11.6 Å². The maximum Gasteiger partial charge on any atom is 0.246 e. The number of likely N-dealkylation sites (N-methyl/N-ethyl adjacent to an activating group) is 1. The lowest BCUT2D eigenvalue weighted by molar-refractivity contribution is -0.126. The Morgan fingerprint density at radius 1 is 1.37 bits per heavy atom. The Balaban J connectivity index is 2.13. The molecule has 1 heterocycles. The summed E-state index contributed by atoms with van der Waals surface area (Å²) < 4.78 is 28.3. The van der Waals surface area contributed by atoms with E-state index in [4.69, 9.17) is 11.6 Å². The minimum Gasteiger partial charge on any atom is -0.335 e. The number of nitrogens with zero attached hydrogens (tertiary/aromatic N) is 3. The van der Waals surface area contributed by atoms with Crippen molar-refractivity contribution in [3.05, 3.63) is 57.9 Å². The zero-order valence-corrected chi connectivity index (χ0v) is 16.7. The minimum absolute atomic E-state index is 0.274. The fourth-order valence-electron chi connectivity index (χ4n) is 2.67. The molecule has 0 radical (unpaired) electrons. The summed E-state index contributed by atoms with van der Waals surface area (Å²) in [6.07, 6.45) is 5.06. The summed E-state index contributed by atoms with van der Waals surface area (Å²) in [6.45, 7) is 6.41. The van der Waals surface area contributed by atoms with E-state index in [0.29, 0.717) is 16.3 Å². The Kier molecular flexibility index (Phi) is 7.13. The van der Waals surface area contributed by atoms with Gasteiger partial charge >= 0.3 is 0 Å². The summed E-state index contributed by atoms with van der Waals surface area (Å²) in [6, 6.07) is 3.21. The molecule has 1 aromatic heterocycles. The van der Waals surface area contributed by atoms with Crippen LogP contribution in [0.25, 0.3) is 6.08 Å². The van der Waals surface area contributed by atoms with Gasteiger partial charge in [-0.1, -0.05) is 31.0 Å². The van der Waals surface area contributed by atoms with Gasteiger partial charge < -0.3 is 4.90 Å². The lowest BCUT2D eigenvalue weighted by Crippen LogP contribution is -2.28. The number of carbonyl (C=O) groups is 1. The molecule has 1 unspecified atom stereocenters. The van der Waals surface area contributed by atoms with Crippen LogP contribution in [0.5, 0.6) is 0 Å². The number of hydrogen-bond donors (Lipinski definition) is 0. The molecule has 2 aromatic rings. The molecule has 0 aliphatic heterocycles. The smallest absolute Gasteiger partial charge is 0.246 e. The van der Waals surface area contributed by atoms with Crippen LogP contribution in [0.4, 0.5) is 8.78 Å². The monoisotopic (exact) mass is 395 g/mol. The molecule has 0 aliphatic rings. The van der Waals surface area contributed by atoms with Crippen LogP contribution in [0, 0.1) is 18.6 Å². The Hall–Kier alpha value is -2.21. The first-order valence-corrected chi connectivity index (χ1v) is 9.26. The molecule has 0 fully saturated rings. The third-order valence-electron chi connectivity index (χ3n) is 4.58. The van der Waals surface area contributed by atoms with Crippen molar-refractivity contribution in [3.63, 3.8) is 0 Å². The first-order chi connectivity index (χ1) is 12.8. The number of carbonyl (C=O) groups excluding carboxylic acids is 1. The average molecular weight is 396 g/mol. The highest BCUT2D eigenvalue weighted by atomic mass is 35.5. The van der Waals surface area contributed by atoms with E-state index in [2.05, 4.69) is 12.0 Å². The summed E-state index contributed by atoms with van der Waals surface area (Å²) in [7, 11) is 1.61. The molecule has 0 saturated heterocycles. The molecule has 2 rings (SSSR count). The summed E-state index contributed by atoms with van der Waals surface area (Å²) in [4.78, 5) is 13.9. The molecule has 4 nitrogen and oxygen atoms in total. The number of hydrogen-bond acceptors (Lipinski definition) is 2. The van der Waals surface area contributed by atoms with Crippen LogP contribution in [0.1, 0.15) is 49.6 Å². The Labute approximate surface area is 163 Å². The Bertz CT molecular complexity index is 848. The second kappa shape index (κ2) is 9.13. The number of benzene rings is 1. The van der Waals surface area contributed by atoms with Gasteiger partial charge in [0.25, 0.3) is 0 Å². The minimum atomic E-state index is -0.933. The van der Waals surface area contributed by atoms with Gasteiger partial charge in [-0.15, -0.1) is 0 Å². The third-order valence-corrected chi connectivity index (χ3v) is 4.98. The number of unbranched alkanes of at least 4 members (excludes halogenated alkanes) is 1. The van der Waals surface area contributed by atoms with E-state index in [1.165, 1.54) is 17.0 Å². The predicted molar refractivity (Wildman–Crippen MR) is 103 cm³/mol. The maximum absolute atomic E-state index is 13.4. The molecule has 146 valence electrons. The van der Waals surface area contributed by atoms with Crippen LogP contribution in [-0.4, -0.2) is 27.6 Å². The summed E-state index contributed by atoms with van der Waals surface area (Å²) in [5.41, 5.74) is 1.96. The van der Waals surface area contributed by atoms with Gasteiger partial charge in [-0.2, -0.15) is 5.10 Å². The van der Waals surface area contributed by atoms with E-state index in [1.807, 2.05) is 6.92 Å². The third kappa shape index (κ3) is 4.95. The summed E-state index contributed by atoms with van der Waals surface area (Å²) in [5, 5.41) is 4.90. The Morgan fingerprint density at radius 3 is 2.70 bits per heavy atom. The molecular weight excluding hydrogens is 372 g/mol. The number of amides is 1. The first-order valence-electron chi connectivity index (χ1n) is 8.89. The van der Waals surface area contributed by atoms with Gasteiger partial charge in [-0.3, -0.25) is 9.48 Å². The van der Waals surface area contributed by atoms with Crippen molar-refractivity contribution in [3.8, 4) is 0 Å². The molecule has 1 amide bonds. The molecule has 0 saturated carbocycles. The maximum atomic E-state index is 13.4. The average Bonchev–Trinajstić information content (AvgIpc) is 2.92. The fourth-order valence-corrected chi connectivity index (χ4v) is 2.99. The highest BCUT2D eigenvalue weighted by Crippen LogP contribution is 2.24. The van der Waals surface area contributed by atoms with Crippen molar-refractivity contribution < 1.29 is 13.6 Å². The van der Waals surface area contributed by atoms with Gasteiger partial charge in [0.05, 0.1) is 11.7 Å².